The van der Waals surface area contributed by atoms with E-state index < -0.39 is 0 Å². The lowest BCUT2D eigenvalue weighted by Gasteiger charge is -2.36. The van der Waals surface area contributed by atoms with Gasteiger partial charge in [-0.2, -0.15) is 4.98 Å². The van der Waals surface area contributed by atoms with Gasteiger partial charge in [-0.1, -0.05) is 6.07 Å². The molecule has 0 radical (unpaired) electrons. The van der Waals surface area contributed by atoms with Crippen molar-refractivity contribution < 1.29 is 19.0 Å². The number of carbonyl (C=O) groups excluding carboxylic acids is 1. The Hall–Kier alpha value is -3.07. The Morgan fingerprint density at radius 2 is 1.67 bits per heavy atom. The molecule has 0 bridgehead atoms. The molecule has 1 amide bonds. The number of piperazine rings is 1. The maximum Gasteiger partial charge on any atom is 0.257 e. The lowest BCUT2D eigenvalue weighted by Crippen LogP contribution is -2.49. The van der Waals surface area contributed by atoms with Gasteiger partial charge in [-0.15, -0.1) is 0 Å². The van der Waals surface area contributed by atoms with Crippen LogP contribution in [0.25, 0.3) is 0 Å². The first-order valence-electron chi connectivity index (χ1n) is 10.4. The molecular weight excluding hydrogens is 386 g/mol. The van der Waals surface area contributed by atoms with Gasteiger partial charge in [0.25, 0.3) is 5.91 Å². The topological polar surface area (TPSA) is 80.3 Å². The van der Waals surface area contributed by atoms with Crippen LogP contribution in [0.15, 0.2) is 30.5 Å². The average Bonchev–Trinajstić information content (AvgIpc) is 2.84. The highest BCUT2D eigenvalue weighted by molar-refractivity contribution is 5.98. The van der Waals surface area contributed by atoms with Gasteiger partial charge >= 0.3 is 0 Å². The lowest BCUT2D eigenvalue weighted by atomic mass is 10.1. The van der Waals surface area contributed by atoms with Gasteiger partial charge in [0.1, 0.15) is 19.0 Å². The van der Waals surface area contributed by atoms with Gasteiger partial charge in [-0.05, 0) is 18.2 Å². The van der Waals surface area contributed by atoms with E-state index >= 15 is 0 Å². The van der Waals surface area contributed by atoms with E-state index in [1.54, 1.807) is 12.3 Å². The summed E-state index contributed by atoms with van der Waals surface area (Å²) in [5.41, 5.74) is 0.567. The fourth-order valence-electron chi connectivity index (χ4n) is 3.98. The number of nitrogens with zero attached hydrogens (tertiary/aromatic N) is 5. The number of morpholine rings is 1. The fraction of sp³-hybridized carbons (Fsp3) is 0.476. The Labute approximate surface area is 175 Å². The minimum absolute atomic E-state index is 0.0197. The molecule has 1 aromatic carbocycles. The van der Waals surface area contributed by atoms with Gasteiger partial charge in [0.05, 0.1) is 18.8 Å². The highest BCUT2D eigenvalue weighted by Gasteiger charge is 2.27. The molecule has 0 unspecified atom stereocenters. The minimum Gasteiger partial charge on any atom is -0.486 e. The Balaban J connectivity index is 1.25. The first kappa shape index (κ1) is 18.9. The van der Waals surface area contributed by atoms with Crippen molar-refractivity contribution in [2.24, 2.45) is 0 Å². The first-order chi connectivity index (χ1) is 14.8. The van der Waals surface area contributed by atoms with Crippen molar-refractivity contribution in [1.29, 1.82) is 0 Å². The third kappa shape index (κ3) is 3.72. The third-order valence-electron chi connectivity index (χ3n) is 5.61. The number of benzene rings is 1. The van der Waals surface area contributed by atoms with Crippen LogP contribution in [0, 0.1) is 0 Å². The summed E-state index contributed by atoms with van der Waals surface area (Å²) >= 11 is 0. The van der Waals surface area contributed by atoms with Crippen LogP contribution in [0.2, 0.25) is 0 Å². The second kappa shape index (κ2) is 8.35. The van der Waals surface area contributed by atoms with Crippen LogP contribution >= 0.6 is 0 Å². The molecule has 3 aliphatic heterocycles. The molecule has 0 spiro atoms. The van der Waals surface area contributed by atoms with E-state index in [4.69, 9.17) is 19.2 Å². The van der Waals surface area contributed by atoms with Crippen molar-refractivity contribution in [3.8, 4) is 11.5 Å². The second-order valence-corrected chi connectivity index (χ2v) is 7.42. The van der Waals surface area contributed by atoms with E-state index in [-0.39, 0.29) is 5.91 Å². The van der Waals surface area contributed by atoms with Gasteiger partial charge in [0.15, 0.2) is 11.5 Å². The minimum atomic E-state index is -0.0197. The average molecular weight is 411 g/mol. The number of para-hydroxylation sites is 1. The highest BCUT2D eigenvalue weighted by atomic mass is 16.6. The van der Waals surface area contributed by atoms with Gasteiger partial charge in [0.2, 0.25) is 5.95 Å². The van der Waals surface area contributed by atoms with E-state index in [2.05, 4.69) is 14.8 Å². The zero-order chi connectivity index (χ0) is 20.3. The Morgan fingerprint density at radius 1 is 0.867 bits per heavy atom. The maximum atomic E-state index is 13.1. The SMILES string of the molecule is O=C(c1cccc2c1OCCO2)N1CCN(c2ccnc(N3CCOCC3)n2)CC1. The summed E-state index contributed by atoms with van der Waals surface area (Å²) < 4.78 is 16.7. The number of carbonyl (C=O) groups is 1. The number of ether oxygens (including phenoxy) is 3. The molecule has 2 saturated heterocycles. The van der Waals surface area contributed by atoms with Gasteiger partial charge in [-0.3, -0.25) is 4.79 Å². The van der Waals surface area contributed by atoms with Gasteiger partial charge in [0, 0.05) is 45.5 Å². The second-order valence-electron chi connectivity index (χ2n) is 7.42. The summed E-state index contributed by atoms with van der Waals surface area (Å²) in [7, 11) is 0. The summed E-state index contributed by atoms with van der Waals surface area (Å²) in [4.78, 5) is 28.5. The van der Waals surface area contributed by atoms with Crippen molar-refractivity contribution >= 4 is 17.7 Å². The molecule has 30 heavy (non-hydrogen) atoms. The predicted octanol–water partition coefficient (Wildman–Crippen LogP) is 1.05. The number of anilines is 2. The van der Waals surface area contributed by atoms with Crippen LogP contribution < -0.4 is 19.3 Å². The van der Waals surface area contributed by atoms with Crippen LogP contribution in [0.3, 0.4) is 0 Å². The molecule has 2 aromatic rings. The van der Waals surface area contributed by atoms with E-state index in [9.17, 15) is 4.79 Å². The van der Waals surface area contributed by atoms with E-state index in [0.29, 0.717) is 56.6 Å². The maximum absolute atomic E-state index is 13.1. The van der Waals surface area contributed by atoms with Crippen LogP contribution in [0.5, 0.6) is 11.5 Å². The molecule has 4 heterocycles. The summed E-state index contributed by atoms with van der Waals surface area (Å²) in [5.74, 6) is 2.81. The molecule has 0 saturated carbocycles. The summed E-state index contributed by atoms with van der Waals surface area (Å²) in [5, 5.41) is 0. The fourth-order valence-corrected chi connectivity index (χ4v) is 3.98. The molecule has 9 heteroatoms. The van der Waals surface area contributed by atoms with Crippen molar-refractivity contribution in [2.75, 3.05) is 75.5 Å². The van der Waals surface area contributed by atoms with E-state index in [0.717, 1.165) is 37.9 Å². The number of aromatic nitrogens is 2. The molecule has 5 rings (SSSR count). The molecule has 0 atom stereocenters. The highest BCUT2D eigenvalue weighted by Crippen LogP contribution is 2.34. The largest absolute Gasteiger partial charge is 0.486 e. The Bertz CT molecular complexity index is 910. The van der Waals surface area contributed by atoms with Crippen LogP contribution in [-0.2, 0) is 4.74 Å². The summed E-state index contributed by atoms with van der Waals surface area (Å²) in [6.45, 7) is 6.67. The van der Waals surface area contributed by atoms with Gasteiger partial charge < -0.3 is 28.9 Å². The zero-order valence-corrected chi connectivity index (χ0v) is 16.8. The van der Waals surface area contributed by atoms with Crippen molar-refractivity contribution in [3.63, 3.8) is 0 Å². The quantitative estimate of drug-likeness (QED) is 0.742. The third-order valence-corrected chi connectivity index (χ3v) is 5.61. The zero-order valence-electron chi connectivity index (χ0n) is 16.8. The van der Waals surface area contributed by atoms with Gasteiger partial charge in [-0.25, -0.2) is 4.98 Å². The molecule has 3 aliphatic rings. The first-order valence-corrected chi connectivity index (χ1v) is 10.4. The summed E-state index contributed by atoms with van der Waals surface area (Å²) in [6, 6.07) is 7.41. The normalized spacial score (nSPS) is 19.0. The Morgan fingerprint density at radius 3 is 2.50 bits per heavy atom. The van der Waals surface area contributed by atoms with Crippen molar-refractivity contribution in [3.05, 3.63) is 36.0 Å². The molecule has 0 N–H and O–H groups in total. The summed E-state index contributed by atoms with van der Waals surface area (Å²) in [6.07, 6.45) is 1.80. The lowest BCUT2D eigenvalue weighted by molar-refractivity contribution is 0.0736. The van der Waals surface area contributed by atoms with E-state index in [1.165, 1.54) is 0 Å². The molecule has 2 fully saturated rings. The van der Waals surface area contributed by atoms with Crippen LogP contribution in [0.1, 0.15) is 10.4 Å². The van der Waals surface area contributed by atoms with Crippen molar-refractivity contribution in [2.45, 2.75) is 0 Å². The standard InChI is InChI=1S/C21H25N5O4/c27-20(16-2-1-3-17-19(16)30-15-14-29-17)25-8-6-24(7-9-25)18-4-5-22-21(23-18)26-10-12-28-13-11-26/h1-5H,6-15H2. The number of amides is 1. The molecule has 158 valence electrons. The molecule has 9 nitrogen and oxygen atoms in total. The van der Waals surface area contributed by atoms with E-state index in [1.807, 2.05) is 23.1 Å². The molecule has 0 aliphatic carbocycles. The number of hydrogen-bond acceptors (Lipinski definition) is 8. The molecule has 1 aromatic heterocycles. The number of fused-ring (bicyclic) bond motifs is 1. The smallest absolute Gasteiger partial charge is 0.257 e. The number of rotatable bonds is 3. The van der Waals surface area contributed by atoms with Crippen molar-refractivity contribution in [1.82, 2.24) is 14.9 Å². The van der Waals surface area contributed by atoms with Crippen LogP contribution in [0.4, 0.5) is 11.8 Å². The predicted molar refractivity (Wildman–Crippen MR) is 111 cm³/mol. The Kier molecular flexibility index (Phi) is 5.27. The molecular formula is C21H25N5O4. The number of hydrogen-bond donors (Lipinski definition) is 0. The monoisotopic (exact) mass is 411 g/mol. The van der Waals surface area contributed by atoms with Crippen LogP contribution in [-0.4, -0.2) is 86.5 Å².